The number of rotatable bonds is 19. The molecule has 3 aliphatic heterocycles. The van der Waals surface area contributed by atoms with Crippen molar-refractivity contribution in [2.75, 3.05) is 148 Å². The highest BCUT2D eigenvalue weighted by Gasteiger charge is 2.36. The zero-order valence-corrected chi connectivity index (χ0v) is 63.1. The fraction of sp³-hybridized carbons (Fsp3) is 0.346. The van der Waals surface area contributed by atoms with Crippen molar-refractivity contribution < 1.29 is 42.9 Å². The number of carbonyl (C=O) groups is 4. The summed E-state index contributed by atoms with van der Waals surface area (Å²) in [6.45, 7) is 10.6. The third-order valence-electron chi connectivity index (χ3n) is 19.1. The number of fused-ring (bicyclic) bond motifs is 3. The molecule has 0 spiro atoms. The normalized spacial score (nSPS) is 13.5. The van der Waals surface area contributed by atoms with Crippen LogP contribution in [0, 0.1) is 27.2 Å². The summed E-state index contributed by atoms with van der Waals surface area (Å²) in [7, 11) is 9.22. The molecule has 27 nitrogen and oxygen atoms in total. The van der Waals surface area contributed by atoms with Crippen molar-refractivity contribution >= 4 is 120 Å². The predicted octanol–water partition coefficient (Wildman–Crippen LogP) is 12.8. The van der Waals surface area contributed by atoms with Crippen molar-refractivity contribution in [3.8, 4) is 5.75 Å². The lowest BCUT2D eigenvalue weighted by Crippen LogP contribution is -2.50. The Hall–Kier alpha value is -11.1. The molecule has 6 aromatic carbocycles. The van der Waals surface area contributed by atoms with E-state index in [1.54, 1.807) is 106 Å². The molecule has 10 aromatic rings. The number of aryl methyl sites for hydroxylation is 1. The monoisotopic (exact) mass is 1580 g/mol. The van der Waals surface area contributed by atoms with Crippen LogP contribution in [0.2, 0.25) is 15.1 Å². The summed E-state index contributed by atoms with van der Waals surface area (Å²) in [5.41, 5.74) is 3.41. The number of esters is 1. The minimum Gasteiger partial charge on any atom is -0.497 e. The van der Waals surface area contributed by atoms with E-state index in [4.69, 9.17) is 48.7 Å². The zero-order chi connectivity index (χ0) is 77.2. The molecule has 0 bridgehead atoms. The van der Waals surface area contributed by atoms with Crippen molar-refractivity contribution in [1.29, 1.82) is 0 Å². The topological polar surface area (TPSA) is 278 Å². The van der Waals surface area contributed by atoms with Crippen LogP contribution < -0.4 is 36.1 Å². The summed E-state index contributed by atoms with van der Waals surface area (Å²) in [4.78, 5) is 130. The second-order valence-electron chi connectivity index (χ2n) is 26.6. The van der Waals surface area contributed by atoms with Gasteiger partial charge in [-0.2, -0.15) is 0 Å². The molecular weight excluding hydrogens is 1490 g/mol. The van der Waals surface area contributed by atoms with Gasteiger partial charge in [0.1, 0.15) is 22.7 Å². The summed E-state index contributed by atoms with van der Waals surface area (Å²) in [6.07, 6.45) is 1.45. The number of furan rings is 1. The number of anilines is 3. The number of piperazine rings is 3. The van der Waals surface area contributed by atoms with Gasteiger partial charge in [-0.3, -0.25) is 53.6 Å². The average molecular weight is 1580 g/mol. The average Bonchev–Trinajstić information content (AvgIpc) is 0.780. The highest BCUT2D eigenvalue weighted by atomic mass is 35.5. The number of aromatic nitrogens is 3. The Bertz CT molecular complexity index is 5210. The van der Waals surface area contributed by atoms with Crippen LogP contribution in [0.25, 0.3) is 32.7 Å². The summed E-state index contributed by atoms with van der Waals surface area (Å²) < 4.78 is 20.3. The van der Waals surface area contributed by atoms with Crippen molar-refractivity contribution in [2.24, 2.45) is 0 Å². The van der Waals surface area contributed by atoms with Crippen LogP contribution in [0.15, 0.2) is 171 Å². The number of benzene rings is 6. The molecule has 111 heavy (non-hydrogen) atoms. The van der Waals surface area contributed by atoms with E-state index >= 15 is 0 Å². The van der Waals surface area contributed by atoms with Gasteiger partial charge in [0, 0.05) is 137 Å². The van der Waals surface area contributed by atoms with Crippen LogP contribution >= 0.6 is 34.8 Å². The van der Waals surface area contributed by atoms with Crippen molar-refractivity contribution in [2.45, 2.75) is 55.8 Å². The third-order valence-corrected chi connectivity index (χ3v) is 20.1. The van der Waals surface area contributed by atoms with Gasteiger partial charge in [0.05, 0.1) is 68.7 Å². The van der Waals surface area contributed by atoms with Crippen LogP contribution in [0.1, 0.15) is 82.0 Å². The van der Waals surface area contributed by atoms with E-state index in [-0.39, 0.29) is 75.7 Å². The molecule has 30 heteroatoms. The van der Waals surface area contributed by atoms with Gasteiger partial charge in [0.2, 0.25) is 0 Å². The first kappa shape index (κ1) is 85.5. The first-order chi connectivity index (χ1) is 51.9. The van der Waals surface area contributed by atoms with Crippen molar-refractivity contribution in [3.05, 3.63) is 252 Å². The Kier molecular flexibility index (Phi) is 29.3. The Morgan fingerprint density at radius 3 is 1.51 bits per heavy atom. The van der Waals surface area contributed by atoms with E-state index in [0.29, 0.717) is 170 Å². The number of nitrogens with zero attached hydrogens (tertiary/aromatic N) is 13. The standard InChI is InChI=1S/C28H32Cl2N4O4.C28H25ClN4O5.C22H25N5O5.3CH4/c1-5-38-28(37)24-25(20-16-18(2)6-9-23(20)34(27(24)36)15-10-31(3)4)32-11-13-33(14-12-32)26(35)19-7-8-21(29)22(30)17-19;1-38-22-10-7-20(8-11-22)27(34)31-15-13-30(14-16-31)25-23-17-21(29)9-12-24(23)32(28(35)26(25)33(36)37)18-19-5-3-2-4-6-19;1-23(2)9-14-26-17-7-4-3-6-16(17)19(20(22(26)29)27(30)31)24-10-12-25(13-11-24)21(28)18-8-5-15-32-18;;;/h6-9,16-17H,5,10-15H2,1-4H3;2-12,17H,13-16,18H2,1H3;3-8,15H,9-14H2,1-2H3;3*1H4. The molecule has 3 saturated heterocycles. The summed E-state index contributed by atoms with van der Waals surface area (Å²) in [5, 5.41) is 27.4. The van der Waals surface area contributed by atoms with E-state index in [0.717, 1.165) is 22.0 Å². The predicted molar refractivity (Wildman–Crippen MR) is 439 cm³/mol. The number of likely N-dealkylation sites (N-methyl/N-ethyl adjacent to an activating group) is 2. The third kappa shape index (κ3) is 19.0. The van der Waals surface area contributed by atoms with E-state index in [2.05, 4.69) is 0 Å². The van der Waals surface area contributed by atoms with Crippen LogP contribution in [0.4, 0.5) is 28.4 Å². The van der Waals surface area contributed by atoms with Crippen LogP contribution in [-0.2, 0) is 24.4 Å². The molecular formula is C81H94Cl3N13O14. The van der Waals surface area contributed by atoms with E-state index in [9.17, 15) is 53.8 Å². The Morgan fingerprint density at radius 1 is 0.505 bits per heavy atom. The highest BCUT2D eigenvalue weighted by molar-refractivity contribution is 6.42. The van der Waals surface area contributed by atoms with Gasteiger partial charge in [0.15, 0.2) is 5.76 Å². The van der Waals surface area contributed by atoms with Gasteiger partial charge in [0.25, 0.3) is 23.3 Å². The number of amides is 3. The maximum Gasteiger partial charge on any atom is 0.357 e. The first-order valence-corrected chi connectivity index (χ1v) is 36.2. The molecule has 3 amide bonds. The number of methoxy groups -OCH3 is 1. The molecule has 588 valence electrons. The largest absolute Gasteiger partial charge is 0.497 e. The Morgan fingerprint density at radius 2 is 0.982 bits per heavy atom. The van der Waals surface area contributed by atoms with Gasteiger partial charge in [-0.25, -0.2) is 4.79 Å². The van der Waals surface area contributed by atoms with Gasteiger partial charge in [-0.1, -0.05) is 117 Å². The molecule has 4 aromatic heterocycles. The number of ether oxygens (including phenoxy) is 2. The molecule has 0 unspecified atom stereocenters. The van der Waals surface area contributed by atoms with Crippen LogP contribution in [0.5, 0.6) is 5.75 Å². The molecule has 3 fully saturated rings. The molecule has 0 atom stereocenters. The van der Waals surface area contributed by atoms with E-state index in [1.807, 2.05) is 132 Å². The molecule has 0 saturated carbocycles. The number of nitro groups is 2. The maximum atomic E-state index is 13.8. The Labute approximate surface area is 658 Å². The van der Waals surface area contributed by atoms with Gasteiger partial charge in [-0.05, 0) is 139 Å². The van der Waals surface area contributed by atoms with Crippen LogP contribution in [-0.4, -0.2) is 205 Å². The van der Waals surface area contributed by atoms with E-state index in [1.165, 1.54) is 15.4 Å². The fourth-order valence-corrected chi connectivity index (χ4v) is 14.1. The number of hydrogen-bond acceptors (Lipinski definition) is 19. The number of pyridine rings is 3. The van der Waals surface area contributed by atoms with Gasteiger partial charge in [-0.15, -0.1) is 0 Å². The second kappa shape index (κ2) is 38.0. The minimum absolute atomic E-state index is 0. The lowest BCUT2D eigenvalue weighted by molar-refractivity contribution is -0.385. The van der Waals surface area contributed by atoms with E-state index < -0.39 is 38.3 Å². The zero-order valence-electron chi connectivity index (χ0n) is 60.8. The summed E-state index contributed by atoms with van der Waals surface area (Å²) in [5.74, 6) is -0.205. The SMILES string of the molecule is C.C.C.CCOC(=O)c1c(N2CCN(C(=O)c3ccc(Cl)c(Cl)c3)CC2)c2cc(C)ccc2n(CCN(C)C)c1=O.CN(C)CCn1c(=O)c([N+](=O)[O-])c(N2CCN(C(=O)c3ccco3)CC2)c2ccccc21.COc1ccc(C(=O)N2CCN(c3c([N+](=O)[O-])c(=O)n(Cc4ccccc4)c4ccc(Cl)cc34)CC2)cc1. The molecule has 13 rings (SSSR count). The molecule has 0 aliphatic carbocycles. The second-order valence-corrected chi connectivity index (χ2v) is 27.9. The summed E-state index contributed by atoms with van der Waals surface area (Å²) in [6, 6.07) is 42.5. The number of para-hydroxylation sites is 1. The molecule has 0 radical (unpaired) electrons. The van der Waals surface area contributed by atoms with Gasteiger partial charge < -0.3 is 62.2 Å². The summed E-state index contributed by atoms with van der Waals surface area (Å²) >= 11 is 18.5. The first-order valence-electron chi connectivity index (χ1n) is 35.1. The fourth-order valence-electron chi connectivity index (χ4n) is 13.7. The Balaban J connectivity index is 0.000000207. The number of carbonyl (C=O) groups excluding carboxylic acids is 4. The van der Waals surface area contributed by atoms with Crippen molar-refractivity contribution in [1.82, 2.24) is 38.2 Å². The molecule has 0 N–H and O–H groups in total. The quantitative estimate of drug-likeness (QED) is 0.0413. The lowest BCUT2D eigenvalue weighted by atomic mass is 10.0. The molecule has 3 aliphatic rings. The highest BCUT2D eigenvalue weighted by Crippen LogP contribution is 2.39. The number of halogens is 3. The van der Waals surface area contributed by atoms with Crippen molar-refractivity contribution in [3.63, 3.8) is 0 Å². The maximum absolute atomic E-state index is 13.8. The lowest BCUT2D eigenvalue weighted by Gasteiger charge is -2.37. The van der Waals surface area contributed by atoms with Crippen LogP contribution in [0.3, 0.4) is 0 Å². The smallest absolute Gasteiger partial charge is 0.357 e. The van der Waals surface area contributed by atoms with Gasteiger partial charge >= 0.3 is 28.5 Å². The minimum atomic E-state index is -0.680. The number of hydrogen-bond donors (Lipinski definition) is 0. The molecule has 7 heterocycles.